The van der Waals surface area contributed by atoms with E-state index in [0.29, 0.717) is 17.8 Å². The highest BCUT2D eigenvalue weighted by atomic mass is 16.8. The van der Waals surface area contributed by atoms with E-state index in [1.807, 2.05) is 11.7 Å². The number of hydrogen-bond acceptors (Lipinski definition) is 10. The Balaban J connectivity index is 1.33. The van der Waals surface area contributed by atoms with Crippen LogP contribution in [0.25, 0.3) is 11.0 Å². The maximum atomic E-state index is 11.5. The zero-order valence-corrected chi connectivity index (χ0v) is 22.1. The van der Waals surface area contributed by atoms with E-state index < -0.39 is 36.9 Å². The molecule has 208 valence electrons. The lowest BCUT2D eigenvalue weighted by Crippen LogP contribution is -2.60. The maximum Gasteiger partial charge on any atom is 0.305 e. The van der Waals surface area contributed by atoms with E-state index >= 15 is 0 Å². The van der Waals surface area contributed by atoms with Gasteiger partial charge in [0.05, 0.1) is 5.69 Å². The van der Waals surface area contributed by atoms with E-state index in [1.54, 1.807) is 0 Å². The Labute approximate surface area is 221 Å². The Morgan fingerprint density at radius 1 is 0.974 bits per heavy atom. The van der Waals surface area contributed by atoms with Crippen LogP contribution in [-0.4, -0.2) is 91.0 Å². The number of esters is 1. The van der Waals surface area contributed by atoms with Crippen LogP contribution >= 0.6 is 0 Å². The molecule has 0 amide bonds. The number of nitrogens with zero attached hydrogens (tertiary/aromatic N) is 4. The number of hydrogen-bond donors (Lipinski definition) is 3. The minimum absolute atomic E-state index is 0.315. The Morgan fingerprint density at radius 2 is 1.68 bits per heavy atom. The molecule has 1 saturated carbocycles. The summed E-state index contributed by atoms with van der Waals surface area (Å²) >= 11 is 0. The molecule has 6 atom stereocenters. The topological polar surface area (TPSA) is 139 Å². The number of aliphatic hydroxyl groups excluding tert-OH is 3. The lowest BCUT2D eigenvalue weighted by atomic mass is 9.88. The summed E-state index contributed by atoms with van der Waals surface area (Å²) in [6.07, 6.45) is 2.41. The normalized spacial score (nSPS) is 32.6. The predicted octanol–water partition coefficient (Wildman–Crippen LogP) is 1.29. The second-order valence-electron chi connectivity index (χ2n) is 11.3. The van der Waals surface area contributed by atoms with Crippen LogP contribution < -0.4 is 4.74 Å². The third-order valence-electron chi connectivity index (χ3n) is 8.76. The first-order valence-corrected chi connectivity index (χ1v) is 14.0. The summed E-state index contributed by atoms with van der Waals surface area (Å²) in [5.41, 5.74) is 3.98. The zero-order valence-electron chi connectivity index (χ0n) is 22.1. The number of pyridine rings is 1. The highest BCUT2D eigenvalue weighted by Crippen LogP contribution is 2.41. The van der Waals surface area contributed by atoms with Crippen LogP contribution in [0.1, 0.15) is 74.6 Å². The molecule has 3 fully saturated rings. The summed E-state index contributed by atoms with van der Waals surface area (Å²) in [5.74, 6) is -0.00683. The van der Waals surface area contributed by atoms with Crippen LogP contribution in [0.4, 0.5) is 0 Å². The predicted molar refractivity (Wildman–Crippen MR) is 135 cm³/mol. The molecule has 2 aliphatic heterocycles. The van der Waals surface area contributed by atoms with Gasteiger partial charge >= 0.3 is 5.97 Å². The Kier molecular flexibility index (Phi) is 7.06. The quantitative estimate of drug-likeness (QED) is 0.485. The average Bonchev–Trinajstić information content (AvgIpc) is 3.66. The van der Waals surface area contributed by atoms with Crippen molar-refractivity contribution in [1.82, 2.24) is 19.7 Å². The van der Waals surface area contributed by atoms with Crippen molar-refractivity contribution in [2.45, 2.75) is 108 Å². The second-order valence-corrected chi connectivity index (χ2v) is 11.3. The smallest absolute Gasteiger partial charge is 0.305 e. The number of ether oxygens (including phenoxy) is 3. The average molecular weight is 531 g/mol. The van der Waals surface area contributed by atoms with Gasteiger partial charge in [-0.2, -0.15) is 10.1 Å². The monoisotopic (exact) mass is 530 g/mol. The van der Waals surface area contributed by atoms with Gasteiger partial charge in [0.1, 0.15) is 18.3 Å². The van der Waals surface area contributed by atoms with Gasteiger partial charge in [-0.1, -0.05) is 12.8 Å². The highest BCUT2D eigenvalue weighted by molar-refractivity contribution is 5.85. The molecule has 6 rings (SSSR count). The Bertz CT molecular complexity index is 1200. The molecular weight excluding hydrogens is 492 g/mol. The van der Waals surface area contributed by atoms with Gasteiger partial charge in [0.15, 0.2) is 5.65 Å². The fourth-order valence-corrected chi connectivity index (χ4v) is 6.81. The number of aromatic nitrogens is 3. The van der Waals surface area contributed by atoms with Crippen LogP contribution in [0.2, 0.25) is 0 Å². The number of aliphatic hydroxyl groups is 3. The molecule has 11 nitrogen and oxygen atoms in total. The van der Waals surface area contributed by atoms with Crippen molar-refractivity contribution in [3.8, 4) is 5.88 Å². The molecule has 4 aliphatic rings. The third-order valence-corrected chi connectivity index (χ3v) is 8.76. The van der Waals surface area contributed by atoms with Crippen molar-refractivity contribution < 1.29 is 34.3 Å². The van der Waals surface area contributed by atoms with Crippen LogP contribution in [0, 0.1) is 0 Å². The first-order valence-electron chi connectivity index (χ1n) is 14.0. The molecule has 11 heteroatoms. The number of aryl methyl sites for hydroxylation is 2. The molecule has 0 radical (unpaired) electrons. The van der Waals surface area contributed by atoms with Crippen LogP contribution in [0.5, 0.6) is 5.88 Å². The van der Waals surface area contributed by atoms with Crippen molar-refractivity contribution in [3.05, 3.63) is 16.8 Å². The van der Waals surface area contributed by atoms with E-state index in [9.17, 15) is 20.1 Å². The van der Waals surface area contributed by atoms with Gasteiger partial charge in [-0.05, 0) is 57.1 Å². The number of rotatable bonds is 5. The van der Waals surface area contributed by atoms with Crippen LogP contribution in [-0.2, 0) is 34.2 Å². The molecule has 2 aliphatic carbocycles. The summed E-state index contributed by atoms with van der Waals surface area (Å²) in [6.45, 7) is 3.31. The Morgan fingerprint density at radius 3 is 2.42 bits per heavy atom. The molecule has 0 spiro atoms. The van der Waals surface area contributed by atoms with Crippen LogP contribution in [0.15, 0.2) is 0 Å². The molecule has 2 aromatic rings. The van der Waals surface area contributed by atoms with Gasteiger partial charge in [0, 0.05) is 43.4 Å². The van der Waals surface area contributed by atoms with Gasteiger partial charge in [-0.3, -0.25) is 19.1 Å². The molecule has 0 aromatic carbocycles. The van der Waals surface area contributed by atoms with Crippen molar-refractivity contribution in [3.63, 3.8) is 0 Å². The second kappa shape index (κ2) is 10.3. The van der Waals surface area contributed by atoms with Gasteiger partial charge in [0.25, 0.3) is 0 Å². The summed E-state index contributed by atoms with van der Waals surface area (Å²) in [6, 6.07) is 0.702. The van der Waals surface area contributed by atoms with Crippen molar-refractivity contribution >= 4 is 17.0 Å². The van der Waals surface area contributed by atoms with Gasteiger partial charge < -0.3 is 24.8 Å². The van der Waals surface area contributed by atoms with Gasteiger partial charge in [-0.25, -0.2) is 0 Å². The van der Waals surface area contributed by atoms with Gasteiger partial charge in [-0.15, -0.1) is 0 Å². The fraction of sp³-hybridized carbons (Fsp3) is 0.741. The fourth-order valence-electron chi connectivity index (χ4n) is 6.81. The van der Waals surface area contributed by atoms with E-state index in [1.165, 1.54) is 38.2 Å². The SMILES string of the molecule is CC(=O)O[C@@H]1O[C@H](Oc2nc3c(c(C4CCN(C5CCCC5)C4)nn3C)c3c2CCCC3)[C@H](O)[C@H](O)[C@@H]1O. The van der Waals surface area contributed by atoms with Crippen LogP contribution in [0.3, 0.4) is 0 Å². The molecule has 2 aromatic heterocycles. The third kappa shape index (κ3) is 4.58. The van der Waals surface area contributed by atoms with E-state index in [2.05, 4.69) is 4.90 Å². The van der Waals surface area contributed by atoms with Crippen molar-refractivity contribution in [2.75, 3.05) is 13.1 Å². The minimum atomic E-state index is -1.62. The molecule has 0 bridgehead atoms. The van der Waals surface area contributed by atoms with Crippen molar-refractivity contribution in [1.29, 1.82) is 0 Å². The zero-order chi connectivity index (χ0) is 26.6. The van der Waals surface area contributed by atoms with E-state index in [-0.39, 0.29) is 0 Å². The molecular formula is C27H38N4O7. The minimum Gasteiger partial charge on any atom is -0.444 e. The lowest BCUT2D eigenvalue weighted by Gasteiger charge is -2.39. The number of carbonyl (C=O) groups is 1. The number of fused-ring (bicyclic) bond motifs is 3. The lowest BCUT2D eigenvalue weighted by molar-refractivity contribution is -0.324. The molecule has 2 saturated heterocycles. The summed E-state index contributed by atoms with van der Waals surface area (Å²) < 4.78 is 18.5. The first-order chi connectivity index (χ1) is 18.3. The van der Waals surface area contributed by atoms with Gasteiger partial charge in [0.2, 0.25) is 18.5 Å². The van der Waals surface area contributed by atoms with E-state index in [4.69, 9.17) is 24.3 Å². The maximum absolute atomic E-state index is 11.5. The standard InChI is InChI=1S/C27H38N4O7/c1-14(32)36-26-22(34)21(33)23(35)27(38-26)37-25-18-10-6-5-9-17(18)19-20(29-30(2)24(19)28-25)15-11-12-31(13-15)16-7-3-4-8-16/h15-16,21-23,26-27,33-35H,3-13H2,1-2H3/t15?,21-,22+,23-,26-,27+/m1/s1. The molecule has 4 heterocycles. The summed E-state index contributed by atoms with van der Waals surface area (Å²) in [7, 11) is 1.89. The summed E-state index contributed by atoms with van der Waals surface area (Å²) in [4.78, 5) is 19.0. The Hall–Kier alpha value is -2.31. The molecule has 38 heavy (non-hydrogen) atoms. The molecule has 1 unspecified atom stereocenters. The number of likely N-dealkylation sites (tertiary alicyclic amines) is 1. The summed E-state index contributed by atoms with van der Waals surface area (Å²) in [5, 5.41) is 37.3. The molecule has 3 N–H and O–H groups in total. The first kappa shape index (κ1) is 25.9. The largest absolute Gasteiger partial charge is 0.444 e. The van der Waals surface area contributed by atoms with E-state index in [0.717, 1.165) is 67.5 Å². The highest BCUT2D eigenvalue weighted by Gasteiger charge is 2.47. The van der Waals surface area contributed by atoms with Crippen molar-refractivity contribution in [2.24, 2.45) is 7.05 Å². The number of carbonyl (C=O) groups excluding carboxylic acids is 1.